The molecule has 0 N–H and O–H groups in total. The lowest BCUT2D eigenvalue weighted by Gasteiger charge is -2.09. The number of halogens is 1. The van der Waals surface area contributed by atoms with Crippen LogP contribution in [0.4, 0.5) is 0 Å². The van der Waals surface area contributed by atoms with Crippen LogP contribution in [0.15, 0.2) is 24.3 Å². The first-order chi connectivity index (χ1) is 7.92. The molecule has 0 aliphatic rings. The molecule has 0 fully saturated rings. The SMILES string of the molecule is CCC(C)c1ccc(CCCS(=O)(=O)Cl)cc1. The highest BCUT2D eigenvalue weighted by atomic mass is 35.7. The highest BCUT2D eigenvalue weighted by molar-refractivity contribution is 8.13. The summed E-state index contributed by atoms with van der Waals surface area (Å²) in [5.74, 6) is 0.619. The van der Waals surface area contributed by atoms with E-state index in [1.165, 1.54) is 5.56 Å². The summed E-state index contributed by atoms with van der Waals surface area (Å²) < 4.78 is 21.5. The minimum Gasteiger partial charge on any atom is -0.212 e. The van der Waals surface area contributed by atoms with E-state index in [0.29, 0.717) is 12.3 Å². The van der Waals surface area contributed by atoms with Crippen molar-refractivity contribution in [2.75, 3.05) is 5.75 Å². The molecule has 1 atom stereocenters. The smallest absolute Gasteiger partial charge is 0.212 e. The van der Waals surface area contributed by atoms with E-state index in [4.69, 9.17) is 10.7 Å². The Labute approximate surface area is 108 Å². The molecular weight excluding hydrogens is 256 g/mol. The maximum absolute atomic E-state index is 10.8. The van der Waals surface area contributed by atoms with Crippen LogP contribution in [-0.4, -0.2) is 14.2 Å². The standard InChI is InChI=1S/C13H19ClO2S/c1-3-11(2)13-8-6-12(7-9-13)5-4-10-17(14,15)16/h6-9,11H,3-5,10H2,1-2H3. The number of hydrogen-bond donors (Lipinski definition) is 0. The minimum atomic E-state index is -3.35. The summed E-state index contributed by atoms with van der Waals surface area (Å²) in [5.41, 5.74) is 2.50. The Morgan fingerprint density at radius 2 is 1.82 bits per heavy atom. The van der Waals surface area contributed by atoms with Gasteiger partial charge in [-0.25, -0.2) is 8.42 Å². The Morgan fingerprint density at radius 1 is 1.24 bits per heavy atom. The average molecular weight is 275 g/mol. The van der Waals surface area contributed by atoms with E-state index >= 15 is 0 Å². The van der Waals surface area contributed by atoms with Gasteiger partial charge in [0.05, 0.1) is 5.75 Å². The van der Waals surface area contributed by atoms with Gasteiger partial charge in [0.25, 0.3) is 0 Å². The van der Waals surface area contributed by atoms with Crippen LogP contribution in [0.3, 0.4) is 0 Å². The topological polar surface area (TPSA) is 34.1 Å². The van der Waals surface area contributed by atoms with Crippen LogP contribution >= 0.6 is 10.7 Å². The molecular formula is C13H19ClO2S. The van der Waals surface area contributed by atoms with E-state index in [-0.39, 0.29) is 5.75 Å². The molecule has 0 saturated carbocycles. The Kier molecular flexibility index (Phi) is 5.47. The molecule has 1 unspecified atom stereocenters. The van der Waals surface area contributed by atoms with Crippen molar-refractivity contribution in [2.24, 2.45) is 0 Å². The fraction of sp³-hybridized carbons (Fsp3) is 0.538. The van der Waals surface area contributed by atoms with Gasteiger partial charge in [0.2, 0.25) is 9.05 Å². The summed E-state index contributed by atoms with van der Waals surface area (Å²) in [6, 6.07) is 8.39. The molecule has 0 heterocycles. The van der Waals surface area contributed by atoms with Crippen LogP contribution in [0.5, 0.6) is 0 Å². The molecule has 0 spiro atoms. The summed E-state index contributed by atoms with van der Waals surface area (Å²) in [6.07, 6.45) is 2.46. The summed E-state index contributed by atoms with van der Waals surface area (Å²) in [5, 5.41) is 0. The van der Waals surface area contributed by atoms with E-state index in [2.05, 4.69) is 38.1 Å². The van der Waals surface area contributed by atoms with Crippen molar-refractivity contribution in [2.45, 2.75) is 39.0 Å². The van der Waals surface area contributed by atoms with E-state index < -0.39 is 9.05 Å². The van der Waals surface area contributed by atoms with Crippen molar-refractivity contribution >= 4 is 19.7 Å². The van der Waals surface area contributed by atoms with Crippen LogP contribution in [0.25, 0.3) is 0 Å². The summed E-state index contributed by atoms with van der Waals surface area (Å²) in [4.78, 5) is 0. The van der Waals surface area contributed by atoms with Gasteiger partial charge in [0, 0.05) is 10.7 Å². The van der Waals surface area contributed by atoms with Crippen LogP contribution in [0.1, 0.15) is 43.7 Å². The summed E-state index contributed by atoms with van der Waals surface area (Å²) in [6.45, 7) is 4.37. The highest BCUT2D eigenvalue weighted by Crippen LogP contribution is 2.19. The Morgan fingerprint density at radius 3 is 2.29 bits per heavy atom. The van der Waals surface area contributed by atoms with Crippen LogP contribution < -0.4 is 0 Å². The van der Waals surface area contributed by atoms with Gasteiger partial charge in [-0.2, -0.15) is 0 Å². The third-order valence-electron chi connectivity index (χ3n) is 3.01. The average Bonchev–Trinajstić information content (AvgIpc) is 2.27. The second-order valence-corrected chi connectivity index (χ2v) is 7.29. The maximum atomic E-state index is 10.8. The van der Waals surface area contributed by atoms with Crippen LogP contribution in [-0.2, 0) is 15.5 Å². The Hall–Kier alpha value is -0.540. The molecule has 1 aromatic carbocycles. The Bertz CT molecular complexity index is 437. The molecule has 0 aliphatic heterocycles. The zero-order valence-electron chi connectivity index (χ0n) is 10.3. The summed E-state index contributed by atoms with van der Waals surface area (Å²) >= 11 is 0. The zero-order chi connectivity index (χ0) is 12.9. The second-order valence-electron chi connectivity index (χ2n) is 4.40. The third kappa shape index (κ3) is 5.55. The molecule has 17 heavy (non-hydrogen) atoms. The molecule has 2 nitrogen and oxygen atoms in total. The minimum absolute atomic E-state index is 0.0433. The predicted octanol–water partition coefficient (Wildman–Crippen LogP) is 3.70. The molecule has 0 radical (unpaired) electrons. The number of aryl methyl sites for hydroxylation is 1. The van der Waals surface area contributed by atoms with E-state index in [1.54, 1.807) is 0 Å². The first-order valence-electron chi connectivity index (χ1n) is 5.93. The molecule has 0 aromatic heterocycles. The second kappa shape index (κ2) is 6.41. The molecule has 1 rings (SSSR count). The van der Waals surface area contributed by atoms with Gasteiger partial charge in [-0.1, -0.05) is 38.1 Å². The number of benzene rings is 1. The fourth-order valence-electron chi connectivity index (χ4n) is 1.70. The lowest BCUT2D eigenvalue weighted by Crippen LogP contribution is -1.99. The third-order valence-corrected chi connectivity index (χ3v) is 4.25. The molecule has 0 bridgehead atoms. The quantitative estimate of drug-likeness (QED) is 0.741. The van der Waals surface area contributed by atoms with Crippen LogP contribution in [0, 0.1) is 0 Å². The van der Waals surface area contributed by atoms with Crippen LogP contribution in [0.2, 0.25) is 0 Å². The zero-order valence-corrected chi connectivity index (χ0v) is 11.9. The van der Waals surface area contributed by atoms with Crippen molar-refractivity contribution < 1.29 is 8.42 Å². The first-order valence-corrected chi connectivity index (χ1v) is 8.41. The summed E-state index contributed by atoms with van der Waals surface area (Å²) in [7, 11) is 1.81. The number of rotatable bonds is 6. The number of hydrogen-bond acceptors (Lipinski definition) is 2. The van der Waals surface area contributed by atoms with Crippen molar-refractivity contribution in [1.29, 1.82) is 0 Å². The molecule has 0 aliphatic carbocycles. The lowest BCUT2D eigenvalue weighted by molar-refractivity contribution is 0.607. The predicted molar refractivity (Wildman–Crippen MR) is 73.1 cm³/mol. The van der Waals surface area contributed by atoms with Crippen molar-refractivity contribution in [3.05, 3.63) is 35.4 Å². The first kappa shape index (κ1) is 14.5. The van der Waals surface area contributed by atoms with Crippen molar-refractivity contribution in [1.82, 2.24) is 0 Å². The monoisotopic (exact) mass is 274 g/mol. The largest absolute Gasteiger partial charge is 0.232 e. The van der Waals surface area contributed by atoms with Gasteiger partial charge in [-0.3, -0.25) is 0 Å². The normalized spacial score (nSPS) is 13.6. The van der Waals surface area contributed by atoms with Crippen molar-refractivity contribution in [3.63, 3.8) is 0 Å². The fourth-order valence-corrected chi connectivity index (χ4v) is 2.51. The van der Waals surface area contributed by atoms with Gasteiger partial charge >= 0.3 is 0 Å². The van der Waals surface area contributed by atoms with Gasteiger partial charge in [-0.15, -0.1) is 0 Å². The van der Waals surface area contributed by atoms with Gasteiger partial charge < -0.3 is 0 Å². The molecule has 0 saturated heterocycles. The lowest BCUT2D eigenvalue weighted by atomic mass is 9.97. The molecule has 4 heteroatoms. The molecule has 96 valence electrons. The van der Waals surface area contributed by atoms with Gasteiger partial charge in [-0.05, 0) is 36.3 Å². The Balaban J connectivity index is 2.51. The van der Waals surface area contributed by atoms with Crippen molar-refractivity contribution in [3.8, 4) is 0 Å². The molecule has 0 amide bonds. The van der Waals surface area contributed by atoms with E-state index in [1.807, 2.05) is 0 Å². The molecule has 1 aromatic rings. The maximum Gasteiger partial charge on any atom is 0.232 e. The van der Waals surface area contributed by atoms with Gasteiger partial charge in [0.1, 0.15) is 0 Å². The highest BCUT2D eigenvalue weighted by Gasteiger charge is 2.05. The van der Waals surface area contributed by atoms with Gasteiger partial charge in [0.15, 0.2) is 0 Å². The van der Waals surface area contributed by atoms with E-state index in [0.717, 1.165) is 18.4 Å². The van der Waals surface area contributed by atoms with E-state index in [9.17, 15) is 8.42 Å².